The van der Waals surface area contributed by atoms with Gasteiger partial charge in [-0.1, -0.05) is 44.0 Å². The summed E-state index contributed by atoms with van der Waals surface area (Å²) < 4.78 is 44.8. The van der Waals surface area contributed by atoms with Gasteiger partial charge in [0.1, 0.15) is 30.4 Å². The molecule has 2 saturated heterocycles. The lowest BCUT2D eigenvalue weighted by molar-refractivity contribution is -0.141. The summed E-state index contributed by atoms with van der Waals surface area (Å²) in [6.07, 6.45) is 9.08. The summed E-state index contributed by atoms with van der Waals surface area (Å²) in [5.74, 6) is -0.112. The van der Waals surface area contributed by atoms with Gasteiger partial charge in [-0.05, 0) is 68.7 Å². The van der Waals surface area contributed by atoms with E-state index in [9.17, 15) is 14.0 Å². The van der Waals surface area contributed by atoms with Crippen LogP contribution in [0.25, 0.3) is 5.57 Å². The minimum atomic E-state index is -0.640. The Morgan fingerprint density at radius 2 is 1.66 bits per heavy atom. The fraction of sp³-hybridized carbons (Fsp3) is 0.643. The fourth-order valence-corrected chi connectivity index (χ4v) is 8.10. The number of carbonyl (C=O) groups excluding carboxylic acids is 2. The van der Waals surface area contributed by atoms with Gasteiger partial charge >= 0.3 is 0 Å². The van der Waals surface area contributed by atoms with Crippen molar-refractivity contribution in [2.45, 2.75) is 84.5 Å². The molecule has 4 N–H and O–H groups in total. The van der Waals surface area contributed by atoms with E-state index in [-0.39, 0.29) is 36.1 Å². The number of rotatable bonds is 21. The van der Waals surface area contributed by atoms with Gasteiger partial charge in [0, 0.05) is 61.1 Å². The number of amides is 2. The Labute approximate surface area is 357 Å². The number of hydrogen-bond donors (Lipinski definition) is 3. The number of halogens is 3. The molecule has 3 aliphatic heterocycles. The van der Waals surface area contributed by atoms with E-state index in [1.54, 1.807) is 6.92 Å². The summed E-state index contributed by atoms with van der Waals surface area (Å²) in [6.45, 7) is 16.6. The smallest absolute Gasteiger partial charge is 0.246 e. The standard InChI is InChI=1S/C42H62Cl2FN7O7/c1-28-7-6-12-51(28)41(54)39(42(3,4)5)49-36(53)27-58-22-21-57-20-19-56-18-17-55-16-15-50-13-10-32(11-14-50)52-26-31(25-48-52)30-23-35(40(46)47-24-30)59-29(2)37-33(43)8-9-34(45)38(37)44/h8-9,23,25-26,28-29,32,39,47H,6-7,10-22,24,27,46H2,1-5H3,(H,49,53)/t28?,29-,39?/m1/s1. The maximum atomic E-state index is 14.1. The van der Waals surface area contributed by atoms with Crippen molar-refractivity contribution in [2.75, 3.05) is 85.6 Å². The summed E-state index contributed by atoms with van der Waals surface area (Å²) in [4.78, 5) is 30.0. The van der Waals surface area contributed by atoms with Gasteiger partial charge in [-0.25, -0.2) is 4.39 Å². The third-order valence-electron chi connectivity index (χ3n) is 10.9. The van der Waals surface area contributed by atoms with E-state index in [1.165, 1.54) is 12.1 Å². The first kappa shape index (κ1) is 46.6. The Balaban J connectivity index is 0.888. The van der Waals surface area contributed by atoms with E-state index in [0.29, 0.717) is 74.4 Å². The minimum Gasteiger partial charge on any atom is -0.482 e. The van der Waals surface area contributed by atoms with Crippen molar-refractivity contribution in [3.05, 3.63) is 69.2 Å². The van der Waals surface area contributed by atoms with Crippen LogP contribution in [0.1, 0.15) is 83.6 Å². The summed E-state index contributed by atoms with van der Waals surface area (Å²) >= 11 is 12.5. The van der Waals surface area contributed by atoms with E-state index < -0.39 is 23.4 Å². The quantitative estimate of drug-likeness (QED) is 0.108. The molecule has 14 nitrogen and oxygen atoms in total. The maximum Gasteiger partial charge on any atom is 0.246 e. The van der Waals surface area contributed by atoms with Gasteiger partial charge in [-0.2, -0.15) is 5.10 Å². The molecule has 0 saturated carbocycles. The first-order valence-electron chi connectivity index (χ1n) is 20.6. The second-order valence-corrected chi connectivity index (χ2v) is 17.2. The zero-order valence-electron chi connectivity index (χ0n) is 35.1. The molecule has 59 heavy (non-hydrogen) atoms. The number of piperidine rings is 1. The third-order valence-corrected chi connectivity index (χ3v) is 11.6. The Morgan fingerprint density at radius 1 is 1.00 bits per heavy atom. The van der Waals surface area contributed by atoms with E-state index in [1.807, 2.05) is 42.6 Å². The molecule has 2 aromatic rings. The number of likely N-dealkylation sites (tertiary alicyclic amines) is 2. The lowest BCUT2D eigenvalue weighted by Crippen LogP contribution is -2.56. The van der Waals surface area contributed by atoms with Crippen molar-refractivity contribution in [1.29, 1.82) is 0 Å². The molecule has 1 aromatic carbocycles. The monoisotopic (exact) mass is 865 g/mol. The van der Waals surface area contributed by atoms with Gasteiger partial charge in [0.15, 0.2) is 5.76 Å². The van der Waals surface area contributed by atoms with E-state index in [0.717, 1.165) is 63.0 Å². The first-order chi connectivity index (χ1) is 28.2. The Hall–Kier alpha value is -3.44. The molecule has 0 bridgehead atoms. The van der Waals surface area contributed by atoms with Gasteiger partial charge in [0.05, 0.1) is 63.5 Å². The number of allylic oxidation sites excluding steroid dienone is 1. The first-order valence-corrected chi connectivity index (χ1v) is 21.4. The van der Waals surface area contributed by atoms with Gasteiger partial charge in [-0.15, -0.1) is 0 Å². The summed E-state index contributed by atoms with van der Waals surface area (Å²) in [5, 5.41) is 11.0. The normalized spacial score (nSPS) is 19.1. The second-order valence-electron chi connectivity index (χ2n) is 16.4. The summed E-state index contributed by atoms with van der Waals surface area (Å²) in [5.41, 5.74) is 8.09. The van der Waals surface area contributed by atoms with Crippen molar-refractivity contribution in [3.8, 4) is 0 Å². The number of nitrogens with zero attached hydrogens (tertiary/aromatic N) is 4. The van der Waals surface area contributed by atoms with Crippen LogP contribution in [0.2, 0.25) is 10.0 Å². The lowest BCUT2D eigenvalue weighted by atomic mass is 9.85. The molecule has 2 amide bonds. The number of hydrogen-bond acceptors (Lipinski definition) is 11. The fourth-order valence-electron chi connectivity index (χ4n) is 7.42. The highest BCUT2D eigenvalue weighted by Crippen LogP contribution is 2.36. The highest BCUT2D eigenvalue weighted by Gasteiger charge is 2.38. The molecular weight excluding hydrogens is 804 g/mol. The molecule has 328 valence electrons. The topological polar surface area (TPSA) is 155 Å². The van der Waals surface area contributed by atoms with Gasteiger partial charge < -0.3 is 49.9 Å². The SMILES string of the molecule is CC1CCCN1C(=O)C(NC(=O)COCCOCCOCCOCCN1CCC(n2cc(C3=CC(O[C@H](C)c4c(Cl)ccc(F)c4Cl)=C(N)NC3)cn2)CC1)C(C)(C)C. The average molecular weight is 867 g/mol. The van der Waals surface area contributed by atoms with Crippen molar-refractivity contribution < 1.29 is 37.7 Å². The van der Waals surface area contributed by atoms with Gasteiger partial charge in [0.25, 0.3) is 0 Å². The largest absolute Gasteiger partial charge is 0.482 e. The molecule has 0 radical (unpaired) electrons. The van der Waals surface area contributed by atoms with Crippen LogP contribution in [0, 0.1) is 11.2 Å². The predicted molar refractivity (Wildman–Crippen MR) is 225 cm³/mol. The van der Waals surface area contributed by atoms with Crippen LogP contribution in [0.15, 0.2) is 42.2 Å². The number of nitrogens with one attached hydrogen (secondary N) is 2. The number of dihydropyridines is 1. The van der Waals surface area contributed by atoms with Crippen LogP contribution in [0.3, 0.4) is 0 Å². The molecule has 3 atom stereocenters. The van der Waals surface area contributed by atoms with E-state index >= 15 is 0 Å². The molecule has 2 fully saturated rings. The van der Waals surface area contributed by atoms with Crippen LogP contribution in [0.4, 0.5) is 4.39 Å². The van der Waals surface area contributed by atoms with Crippen molar-refractivity contribution in [3.63, 3.8) is 0 Å². The molecule has 2 unspecified atom stereocenters. The molecule has 3 aliphatic rings. The second kappa shape index (κ2) is 22.4. The highest BCUT2D eigenvalue weighted by atomic mass is 35.5. The number of carbonyl (C=O) groups is 2. The van der Waals surface area contributed by atoms with Crippen LogP contribution in [-0.2, 0) is 33.3 Å². The molecule has 0 aliphatic carbocycles. The molecule has 5 rings (SSSR count). The number of ether oxygens (including phenoxy) is 5. The number of aromatic nitrogens is 2. The van der Waals surface area contributed by atoms with Crippen LogP contribution in [-0.4, -0.2) is 129 Å². The maximum absolute atomic E-state index is 14.1. The molecule has 4 heterocycles. The Bertz CT molecular complexity index is 1760. The molecule has 17 heteroatoms. The van der Waals surface area contributed by atoms with E-state index in [4.69, 9.17) is 52.6 Å². The Morgan fingerprint density at radius 3 is 2.31 bits per heavy atom. The predicted octanol–water partition coefficient (Wildman–Crippen LogP) is 5.47. The zero-order valence-corrected chi connectivity index (χ0v) is 36.6. The summed E-state index contributed by atoms with van der Waals surface area (Å²) in [6, 6.07) is 2.56. The summed E-state index contributed by atoms with van der Waals surface area (Å²) in [7, 11) is 0. The van der Waals surface area contributed by atoms with Crippen molar-refractivity contribution >= 4 is 40.6 Å². The van der Waals surface area contributed by atoms with Crippen LogP contribution < -0.4 is 16.4 Å². The molecule has 1 aromatic heterocycles. The Kier molecular flexibility index (Phi) is 17.7. The molecule has 0 spiro atoms. The van der Waals surface area contributed by atoms with Gasteiger partial charge in [-0.3, -0.25) is 14.3 Å². The zero-order chi connectivity index (χ0) is 42.5. The van der Waals surface area contributed by atoms with Crippen LogP contribution in [0.5, 0.6) is 0 Å². The van der Waals surface area contributed by atoms with Gasteiger partial charge in [0.2, 0.25) is 11.8 Å². The van der Waals surface area contributed by atoms with E-state index in [2.05, 4.69) is 33.8 Å². The van der Waals surface area contributed by atoms with Crippen molar-refractivity contribution in [1.82, 2.24) is 30.2 Å². The minimum absolute atomic E-state index is 0.0295. The lowest BCUT2D eigenvalue weighted by Gasteiger charge is -2.35. The molecular formula is C42H62Cl2FN7O7. The number of nitrogens with two attached hydrogens (primary N) is 1. The third kappa shape index (κ3) is 13.5. The van der Waals surface area contributed by atoms with Crippen LogP contribution >= 0.6 is 23.2 Å². The number of benzene rings is 1. The average Bonchev–Trinajstić information content (AvgIpc) is 3.87. The van der Waals surface area contributed by atoms with Crippen molar-refractivity contribution in [2.24, 2.45) is 11.1 Å². The highest BCUT2D eigenvalue weighted by molar-refractivity contribution is 6.36.